The summed E-state index contributed by atoms with van der Waals surface area (Å²) in [5.41, 5.74) is 0. The Morgan fingerprint density at radius 3 is 2.86 bits per heavy atom. The maximum atomic E-state index is 11.7. The van der Waals surface area contributed by atoms with Crippen LogP contribution in [0.1, 0.15) is 13.8 Å². The molecule has 2 N–H and O–H groups in total. The van der Waals surface area contributed by atoms with Crippen LogP contribution in [0.5, 0.6) is 0 Å². The van der Waals surface area contributed by atoms with Gasteiger partial charge >= 0.3 is 0 Å². The summed E-state index contributed by atoms with van der Waals surface area (Å²) in [6.07, 6.45) is 0. The van der Waals surface area contributed by atoms with Gasteiger partial charge < -0.3 is 15.4 Å². The minimum atomic E-state index is 0.0975. The molecule has 1 aliphatic heterocycles. The molecule has 0 aromatic rings. The Hall–Kier alpha value is -0.610. The summed E-state index contributed by atoms with van der Waals surface area (Å²) in [7, 11) is 1.64. The molecular formula is C10H20N2O2. The first-order valence-electron chi connectivity index (χ1n) is 5.15. The molecule has 0 spiro atoms. The van der Waals surface area contributed by atoms with E-state index in [1.807, 2.05) is 6.92 Å². The van der Waals surface area contributed by atoms with Gasteiger partial charge in [0.05, 0.1) is 12.5 Å². The van der Waals surface area contributed by atoms with Crippen molar-refractivity contribution >= 4 is 5.91 Å². The Labute approximate surface area is 85.4 Å². The van der Waals surface area contributed by atoms with Crippen molar-refractivity contribution in [2.24, 2.45) is 11.8 Å². The van der Waals surface area contributed by atoms with E-state index in [4.69, 9.17) is 4.74 Å². The Morgan fingerprint density at radius 1 is 1.64 bits per heavy atom. The van der Waals surface area contributed by atoms with Gasteiger partial charge in [-0.3, -0.25) is 4.79 Å². The van der Waals surface area contributed by atoms with Gasteiger partial charge in [0.1, 0.15) is 0 Å². The van der Waals surface area contributed by atoms with Crippen LogP contribution < -0.4 is 10.6 Å². The van der Waals surface area contributed by atoms with Crippen molar-refractivity contribution < 1.29 is 9.53 Å². The van der Waals surface area contributed by atoms with E-state index in [-0.39, 0.29) is 17.9 Å². The highest BCUT2D eigenvalue weighted by molar-refractivity contribution is 5.79. The monoisotopic (exact) mass is 200 g/mol. The summed E-state index contributed by atoms with van der Waals surface area (Å²) in [6.45, 7) is 6.36. The smallest absolute Gasteiger partial charge is 0.225 e. The fraction of sp³-hybridized carbons (Fsp3) is 0.900. The zero-order valence-electron chi connectivity index (χ0n) is 9.17. The van der Waals surface area contributed by atoms with Crippen LogP contribution in [-0.4, -0.2) is 38.8 Å². The Kier molecular flexibility index (Phi) is 4.35. The number of rotatable bonds is 4. The molecule has 3 atom stereocenters. The van der Waals surface area contributed by atoms with Crippen LogP contribution in [0.4, 0.5) is 0 Å². The largest absolute Gasteiger partial charge is 0.383 e. The highest BCUT2D eigenvalue weighted by Gasteiger charge is 2.29. The summed E-state index contributed by atoms with van der Waals surface area (Å²) in [5, 5.41) is 6.17. The number of hydrogen-bond acceptors (Lipinski definition) is 3. The van der Waals surface area contributed by atoms with E-state index in [2.05, 4.69) is 17.6 Å². The van der Waals surface area contributed by atoms with Crippen LogP contribution in [0, 0.1) is 11.8 Å². The molecule has 0 radical (unpaired) electrons. The van der Waals surface area contributed by atoms with Crippen LogP contribution >= 0.6 is 0 Å². The summed E-state index contributed by atoms with van der Waals surface area (Å²) >= 11 is 0. The predicted molar refractivity (Wildman–Crippen MR) is 55.0 cm³/mol. The van der Waals surface area contributed by atoms with Gasteiger partial charge in [0.25, 0.3) is 0 Å². The Bertz CT molecular complexity index is 197. The summed E-state index contributed by atoms with van der Waals surface area (Å²) in [4.78, 5) is 11.7. The van der Waals surface area contributed by atoms with Crippen LogP contribution in [0.3, 0.4) is 0 Å². The maximum absolute atomic E-state index is 11.7. The van der Waals surface area contributed by atoms with Crippen molar-refractivity contribution in [2.45, 2.75) is 19.9 Å². The molecule has 0 aromatic carbocycles. The molecule has 0 saturated carbocycles. The molecule has 82 valence electrons. The first-order valence-corrected chi connectivity index (χ1v) is 5.15. The van der Waals surface area contributed by atoms with Crippen molar-refractivity contribution in [3.8, 4) is 0 Å². The summed E-state index contributed by atoms with van der Waals surface area (Å²) < 4.78 is 4.96. The number of carbonyl (C=O) groups is 1. The topological polar surface area (TPSA) is 50.4 Å². The van der Waals surface area contributed by atoms with E-state index in [1.54, 1.807) is 7.11 Å². The summed E-state index contributed by atoms with van der Waals surface area (Å²) in [6, 6.07) is 0.0975. The Balaban J connectivity index is 2.33. The number of hydrogen-bond donors (Lipinski definition) is 2. The first kappa shape index (κ1) is 11.5. The van der Waals surface area contributed by atoms with Crippen molar-refractivity contribution in [1.29, 1.82) is 0 Å². The van der Waals surface area contributed by atoms with Gasteiger partial charge in [-0.25, -0.2) is 0 Å². The number of amides is 1. The normalized spacial score (nSPS) is 28.8. The van der Waals surface area contributed by atoms with Gasteiger partial charge in [-0.2, -0.15) is 0 Å². The number of methoxy groups -OCH3 is 1. The molecule has 0 aromatic heterocycles. The molecule has 4 nitrogen and oxygen atoms in total. The molecule has 1 heterocycles. The number of ether oxygens (including phenoxy) is 1. The lowest BCUT2D eigenvalue weighted by atomic mass is 9.97. The third kappa shape index (κ3) is 2.96. The highest BCUT2D eigenvalue weighted by Crippen LogP contribution is 2.15. The second kappa shape index (κ2) is 5.32. The van der Waals surface area contributed by atoms with Crippen molar-refractivity contribution in [3.05, 3.63) is 0 Å². The lowest BCUT2D eigenvalue weighted by molar-refractivity contribution is -0.126. The molecular weight excluding hydrogens is 180 g/mol. The maximum Gasteiger partial charge on any atom is 0.225 e. The zero-order valence-corrected chi connectivity index (χ0v) is 9.17. The van der Waals surface area contributed by atoms with E-state index in [0.29, 0.717) is 12.5 Å². The quantitative estimate of drug-likeness (QED) is 0.671. The average Bonchev–Trinajstić information content (AvgIpc) is 2.51. The SMILES string of the molecule is COCC(C)NC(=O)C1CNCC1C. The second-order valence-electron chi connectivity index (χ2n) is 4.11. The third-order valence-electron chi connectivity index (χ3n) is 2.66. The van der Waals surface area contributed by atoms with E-state index in [1.165, 1.54) is 0 Å². The van der Waals surface area contributed by atoms with E-state index in [0.717, 1.165) is 13.1 Å². The van der Waals surface area contributed by atoms with Crippen LogP contribution in [0.15, 0.2) is 0 Å². The fourth-order valence-electron chi connectivity index (χ4n) is 1.80. The summed E-state index contributed by atoms with van der Waals surface area (Å²) in [5.74, 6) is 0.700. The molecule has 3 unspecified atom stereocenters. The molecule has 0 aliphatic carbocycles. The van der Waals surface area contributed by atoms with Gasteiger partial charge in [-0.05, 0) is 19.4 Å². The van der Waals surface area contributed by atoms with Crippen LogP contribution in [0.25, 0.3) is 0 Å². The predicted octanol–water partition coefficient (Wildman–Crippen LogP) is -0.00700. The van der Waals surface area contributed by atoms with Crippen LogP contribution in [-0.2, 0) is 9.53 Å². The fourth-order valence-corrected chi connectivity index (χ4v) is 1.80. The lowest BCUT2D eigenvalue weighted by Crippen LogP contribution is -2.41. The van der Waals surface area contributed by atoms with Crippen molar-refractivity contribution in [2.75, 3.05) is 26.8 Å². The minimum Gasteiger partial charge on any atom is -0.383 e. The van der Waals surface area contributed by atoms with Gasteiger partial charge in [0, 0.05) is 19.7 Å². The van der Waals surface area contributed by atoms with Crippen molar-refractivity contribution in [3.63, 3.8) is 0 Å². The molecule has 1 amide bonds. The standard InChI is InChI=1S/C10H20N2O2/c1-7-4-11-5-9(7)10(13)12-8(2)6-14-3/h7-9,11H,4-6H2,1-3H3,(H,12,13). The van der Waals surface area contributed by atoms with Crippen molar-refractivity contribution in [1.82, 2.24) is 10.6 Å². The molecule has 4 heteroatoms. The Morgan fingerprint density at radius 2 is 2.36 bits per heavy atom. The third-order valence-corrected chi connectivity index (χ3v) is 2.66. The molecule has 14 heavy (non-hydrogen) atoms. The molecule has 1 saturated heterocycles. The molecule has 1 rings (SSSR count). The van der Waals surface area contributed by atoms with Gasteiger partial charge in [0.15, 0.2) is 0 Å². The van der Waals surface area contributed by atoms with Gasteiger partial charge in [-0.15, -0.1) is 0 Å². The molecule has 1 fully saturated rings. The first-order chi connectivity index (χ1) is 6.65. The van der Waals surface area contributed by atoms with E-state index >= 15 is 0 Å². The lowest BCUT2D eigenvalue weighted by Gasteiger charge is -2.18. The highest BCUT2D eigenvalue weighted by atomic mass is 16.5. The average molecular weight is 200 g/mol. The van der Waals surface area contributed by atoms with E-state index < -0.39 is 0 Å². The van der Waals surface area contributed by atoms with Gasteiger partial charge in [-0.1, -0.05) is 6.92 Å². The van der Waals surface area contributed by atoms with Crippen LogP contribution in [0.2, 0.25) is 0 Å². The molecule has 0 bridgehead atoms. The van der Waals surface area contributed by atoms with E-state index in [9.17, 15) is 4.79 Å². The zero-order chi connectivity index (χ0) is 10.6. The van der Waals surface area contributed by atoms with Gasteiger partial charge in [0.2, 0.25) is 5.91 Å². The minimum absolute atomic E-state index is 0.0975. The second-order valence-corrected chi connectivity index (χ2v) is 4.11. The molecule has 1 aliphatic rings. The number of nitrogens with one attached hydrogen (secondary N) is 2. The number of carbonyl (C=O) groups excluding carboxylic acids is 1.